The van der Waals surface area contributed by atoms with Gasteiger partial charge in [-0.1, -0.05) is 48.5 Å². The van der Waals surface area contributed by atoms with E-state index in [1.807, 2.05) is 18.1 Å². The van der Waals surface area contributed by atoms with E-state index in [2.05, 4.69) is 73.1 Å². The summed E-state index contributed by atoms with van der Waals surface area (Å²) >= 11 is 0. The van der Waals surface area contributed by atoms with Crippen LogP contribution in [0, 0.1) is 13.8 Å². The number of benzene rings is 2. The highest BCUT2D eigenvalue weighted by atomic mass is 15.8. The molecule has 1 aliphatic rings. The lowest BCUT2D eigenvalue weighted by Crippen LogP contribution is -2.38. The van der Waals surface area contributed by atoms with Gasteiger partial charge < -0.3 is 0 Å². The average molecular weight is 265 g/mol. The van der Waals surface area contributed by atoms with Gasteiger partial charge in [-0.25, -0.2) is 0 Å². The molecule has 0 aromatic heterocycles. The Kier molecular flexibility index (Phi) is 3.20. The standard InChI is InChI=1S/C17H19N3/c1-13-8-7-9-14(2)17(13)20-12-16(19(3)18-20)15-10-5-4-6-11-15/h4-12,18H,1-3H3. The van der Waals surface area contributed by atoms with Crippen molar-refractivity contribution in [2.75, 3.05) is 12.1 Å². The van der Waals surface area contributed by atoms with Gasteiger partial charge in [0.25, 0.3) is 0 Å². The summed E-state index contributed by atoms with van der Waals surface area (Å²) < 4.78 is 0. The predicted molar refractivity (Wildman–Crippen MR) is 83.7 cm³/mol. The molecule has 1 N–H and O–H groups in total. The van der Waals surface area contributed by atoms with E-state index < -0.39 is 0 Å². The molecule has 1 aliphatic heterocycles. The van der Waals surface area contributed by atoms with Crippen molar-refractivity contribution in [3.63, 3.8) is 0 Å². The van der Waals surface area contributed by atoms with Gasteiger partial charge >= 0.3 is 0 Å². The second-order valence-corrected chi connectivity index (χ2v) is 5.15. The molecule has 2 aromatic rings. The van der Waals surface area contributed by atoms with Gasteiger partial charge in [-0.3, -0.25) is 10.0 Å². The SMILES string of the molecule is Cc1cccc(C)c1N1C=C(c2ccccc2)N(C)N1. The van der Waals surface area contributed by atoms with Crippen molar-refractivity contribution >= 4 is 11.4 Å². The van der Waals surface area contributed by atoms with E-state index in [-0.39, 0.29) is 0 Å². The van der Waals surface area contributed by atoms with Gasteiger partial charge in [0.1, 0.15) is 0 Å². The first kappa shape index (κ1) is 12.8. The minimum Gasteiger partial charge on any atom is -0.291 e. The van der Waals surface area contributed by atoms with Crippen molar-refractivity contribution < 1.29 is 0 Å². The molecule has 0 unspecified atom stereocenters. The maximum Gasteiger partial charge on any atom is 0.0785 e. The zero-order valence-electron chi connectivity index (χ0n) is 12.1. The van der Waals surface area contributed by atoms with Gasteiger partial charge in [-0.15, -0.1) is 5.53 Å². The Morgan fingerprint density at radius 2 is 1.50 bits per heavy atom. The molecule has 0 amide bonds. The van der Waals surface area contributed by atoms with Crippen LogP contribution in [0.3, 0.4) is 0 Å². The Morgan fingerprint density at radius 1 is 0.850 bits per heavy atom. The van der Waals surface area contributed by atoms with Gasteiger partial charge in [-0.05, 0) is 25.0 Å². The van der Waals surface area contributed by atoms with E-state index >= 15 is 0 Å². The topological polar surface area (TPSA) is 18.5 Å². The number of para-hydroxylation sites is 1. The van der Waals surface area contributed by atoms with Crippen LogP contribution in [0.15, 0.2) is 54.7 Å². The van der Waals surface area contributed by atoms with Gasteiger partial charge in [0.05, 0.1) is 11.4 Å². The van der Waals surface area contributed by atoms with Crippen LogP contribution in [0.2, 0.25) is 0 Å². The largest absolute Gasteiger partial charge is 0.291 e. The molecule has 0 spiro atoms. The summed E-state index contributed by atoms with van der Waals surface area (Å²) in [5.74, 6) is 0. The summed E-state index contributed by atoms with van der Waals surface area (Å²) in [4.78, 5) is 0. The van der Waals surface area contributed by atoms with E-state index in [0.29, 0.717) is 0 Å². The molecule has 0 saturated heterocycles. The van der Waals surface area contributed by atoms with Gasteiger partial charge in [0.2, 0.25) is 0 Å². The zero-order chi connectivity index (χ0) is 14.1. The molecule has 0 radical (unpaired) electrons. The van der Waals surface area contributed by atoms with Crippen LogP contribution in [-0.2, 0) is 0 Å². The summed E-state index contributed by atoms with van der Waals surface area (Å²) in [6, 6.07) is 16.8. The third-order valence-corrected chi connectivity index (χ3v) is 3.62. The van der Waals surface area contributed by atoms with E-state index in [1.165, 1.54) is 22.4 Å². The number of hydrogen-bond donors (Lipinski definition) is 1. The Balaban J connectivity index is 2.00. The third-order valence-electron chi connectivity index (χ3n) is 3.62. The summed E-state index contributed by atoms with van der Waals surface area (Å²) in [5.41, 5.74) is 9.47. The van der Waals surface area contributed by atoms with Gasteiger partial charge in [0, 0.05) is 18.8 Å². The second kappa shape index (κ2) is 5.02. The fraction of sp³-hybridized carbons (Fsp3) is 0.176. The van der Waals surface area contributed by atoms with Crippen LogP contribution in [0.5, 0.6) is 0 Å². The molecule has 0 saturated carbocycles. The number of aryl methyl sites for hydroxylation is 2. The number of rotatable bonds is 2. The highest BCUT2D eigenvalue weighted by Gasteiger charge is 2.21. The average Bonchev–Trinajstić information content (AvgIpc) is 2.81. The molecule has 3 rings (SSSR count). The molecule has 102 valence electrons. The third kappa shape index (κ3) is 2.17. The van der Waals surface area contributed by atoms with Crippen LogP contribution in [-0.4, -0.2) is 12.1 Å². The van der Waals surface area contributed by atoms with Crippen molar-refractivity contribution in [2.24, 2.45) is 0 Å². The number of hydrogen-bond acceptors (Lipinski definition) is 3. The Bertz CT molecular complexity index is 626. The predicted octanol–water partition coefficient (Wildman–Crippen LogP) is 3.47. The summed E-state index contributed by atoms with van der Waals surface area (Å²) in [6.45, 7) is 4.27. The van der Waals surface area contributed by atoms with Crippen LogP contribution in [0.25, 0.3) is 5.70 Å². The molecule has 0 bridgehead atoms. The molecule has 0 fully saturated rings. The fourth-order valence-corrected chi connectivity index (χ4v) is 2.63. The van der Waals surface area contributed by atoms with Crippen LogP contribution in [0.4, 0.5) is 5.69 Å². The Hall–Kier alpha value is -2.26. The van der Waals surface area contributed by atoms with Crippen molar-refractivity contribution in [3.05, 3.63) is 71.4 Å². The van der Waals surface area contributed by atoms with Crippen LogP contribution >= 0.6 is 0 Å². The molecule has 1 heterocycles. The molecule has 0 aliphatic carbocycles. The molecule has 0 atom stereocenters. The van der Waals surface area contributed by atoms with E-state index in [1.54, 1.807) is 0 Å². The molecule has 3 heteroatoms. The lowest BCUT2D eigenvalue weighted by Gasteiger charge is -2.23. The van der Waals surface area contributed by atoms with Crippen molar-refractivity contribution in [1.82, 2.24) is 10.5 Å². The summed E-state index contributed by atoms with van der Waals surface area (Å²) in [5, 5.41) is 4.13. The summed E-state index contributed by atoms with van der Waals surface area (Å²) in [6.07, 6.45) is 2.14. The first-order chi connectivity index (χ1) is 9.66. The van der Waals surface area contributed by atoms with E-state index in [9.17, 15) is 0 Å². The maximum atomic E-state index is 3.37. The van der Waals surface area contributed by atoms with Gasteiger partial charge in [-0.2, -0.15) is 0 Å². The number of nitrogens with zero attached hydrogens (tertiary/aromatic N) is 2. The van der Waals surface area contributed by atoms with E-state index in [4.69, 9.17) is 0 Å². The minimum absolute atomic E-state index is 1.16. The van der Waals surface area contributed by atoms with E-state index in [0.717, 1.165) is 5.70 Å². The number of anilines is 1. The first-order valence-electron chi connectivity index (χ1n) is 6.79. The molecular formula is C17H19N3. The molecule has 20 heavy (non-hydrogen) atoms. The van der Waals surface area contributed by atoms with Crippen molar-refractivity contribution in [2.45, 2.75) is 13.8 Å². The molecular weight excluding hydrogens is 246 g/mol. The minimum atomic E-state index is 1.16. The monoisotopic (exact) mass is 265 g/mol. The highest BCUT2D eigenvalue weighted by molar-refractivity contribution is 5.72. The maximum absolute atomic E-state index is 3.37. The number of hydrazine groups is 2. The van der Waals surface area contributed by atoms with Crippen LogP contribution < -0.4 is 10.5 Å². The first-order valence-corrected chi connectivity index (χ1v) is 6.79. The van der Waals surface area contributed by atoms with Crippen molar-refractivity contribution in [3.8, 4) is 0 Å². The Labute approximate surface area is 120 Å². The Morgan fingerprint density at radius 3 is 2.15 bits per heavy atom. The summed E-state index contributed by atoms with van der Waals surface area (Å²) in [7, 11) is 2.03. The quantitative estimate of drug-likeness (QED) is 0.897. The van der Waals surface area contributed by atoms with Gasteiger partial charge in [0.15, 0.2) is 0 Å². The fourth-order valence-electron chi connectivity index (χ4n) is 2.63. The lowest BCUT2D eigenvalue weighted by molar-refractivity contribution is 0.375. The normalized spacial score (nSPS) is 14.7. The highest BCUT2D eigenvalue weighted by Crippen LogP contribution is 2.29. The second-order valence-electron chi connectivity index (χ2n) is 5.15. The number of nitrogens with one attached hydrogen (secondary N) is 1. The smallest absolute Gasteiger partial charge is 0.0785 e. The molecule has 3 nitrogen and oxygen atoms in total. The molecule has 2 aromatic carbocycles. The lowest BCUT2D eigenvalue weighted by atomic mass is 10.1. The zero-order valence-corrected chi connectivity index (χ0v) is 12.1. The van der Waals surface area contributed by atoms with Crippen molar-refractivity contribution in [1.29, 1.82) is 0 Å². The van der Waals surface area contributed by atoms with Crippen LogP contribution in [0.1, 0.15) is 16.7 Å².